The second-order valence-electron chi connectivity index (χ2n) is 6.31. The van der Waals surface area contributed by atoms with Crippen LogP contribution in [0, 0.1) is 23.2 Å². The molecule has 0 N–H and O–H groups in total. The molecule has 0 unspecified atom stereocenters. The van der Waals surface area contributed by atoms with E-state index in [0.717, 1.165) is 17.8 Å². The van der Waals surface area contributed by atoms with Crippen LogP contribution in [0.25, 0.3) is 0 Å². The zero-order valence-electron chi connectivity index (χ0n) is 10.8. The number of fused-ring (bicyclic) bond motifs is 1. The van der Waals surface area contributed by atoms with Crippen LogP contribution in [0.5, 0.6) is 0 Å². The topological polar surface area (TPSA) is 0 Å². The van der Waals surface area contributed by atoms with Gasteiger partial charge in [0.15, 0.2) is 0 Å². The first-order valence-corrected chi connectivity index (χ1v) is 6.75. The Bertz CT molecular complexity index is 261. The van der Waals surface area contributed by atoms with Gasteiger partial charge in [0.25, 0.3) is 0 Å². The van der Waals surface area contributed by atoms with E-state index in [1.165, 1.54) is 32.1 Å². The van der Waals surface area contributed by atoms with Crippen molar-refractivity contribution in [1.82, 2.24) is 0 Å². The molecular formula is C15H26. The number of hydrogen-bond acceptors (Lipinski definition) is 0. The fraction of sp³-hybridized carbons (Fsp3) is 0.867. The predicted molar refractivity (Wildman–Crippen MR) is 66.8 cm³/mol. The van der Waals surface area contributed by atoms with Crippen molar-refractivity contribution < 1.29 is 0 Å². The second kappa shape index (κ2) is 3.96. The monoisotopic (exact) mass is 206 g/mol. The van der Waals surface area contributed by atoms with Crippen LogP contribution in [-0.4, -0.2) is 0 Å². The second-order valence-corrected chi connectivity index (χ2v) is 6.31. The molecule has 0 aromatic heterocycles. The van der Waals surface area contributed by atoms with Crippen LogP contribution in [0.15, 0.2) is 11.6 Å². The van der Waals surface area contributed by atoms with Gasteiger partial charge >= 0.3 is 0 Å². The molecule has 0 bridgehead atoms. The largest absolute Gasteiger partial charge is 0.0786 e. The van der Waals surface area contributed by atoms with Crippen LogP contribution in [0.1, 0.15) is 59.8 Å². The minimum atomic E-state index is 0.524. The lowest BCUT2D eigenvalue weighted by molar-refractivity contribution is 0.0840. The highest BCUT2D eigenvalue weighted by Crippen LogP contribution is 2.52. The van der Waals surface area contributed by atoms with Crippen molar-refractivity contribution in [3.05, 3.63) is 11.6 Å². The van der Waals surface area contributed by atoms with Crippen LogP contribution in [0.3, 0.4) is 0 Å². The minimum Gasteiger partial charge on any atom is -0.0786 e. The van der Waals surface area contributed by atoms with Crippen molar-refractivity contribution in [2.45, 2.75) is 59.8 Å². The predicted octanol–water partition coefficient (Wildman–Crippen LogP) is 4.81. The molecule has 0 amide bonds. The van der Waals surface area contributed by atoms with Crippen LogP contribution in [0.4, 0.5) is 0 Å². The molecule has 2 aliphatic carbocycles. The van der Waals surface area contributed by atoms with Gasteiger partial charge in [0.05, 0.1) is 0 Å². The van der Waals surface area contributed by atoms with Gasteiger partial charge in [-0.25, -0.2) is 0 Å². The van der Waals surface area contributed by atoms with E-state index in [9.17, 15) is 0 Å². The maximum absolute atomic E-state index is 2.66. The molecule has 15 heavy (non-hydrogen) atoms. The molecule has 3 atom stereocenters. The lowest BCUT2D eigenvalue weighted by atomic mass is 9.57. The minimum absolute atomic E-state index is 0.524. The zero-order valence-corrected chi connectivity index (χ0v) is 10.8. The molecule has 0 heteroatoms. The first-order chi connectivity index (χ1) is 7.04. The van der Waals surface area contributed by atoms with Gasteiger partial charge in [-0.15, -0.1) is 0 Å². The molecule has 0 aromatic carbocycles. The van der Waals surface area contributed by atoms with Gasteiger partial charge in [-0.1, -0.05) is 45.8 Å². The Morgan fingerprint density at radius 1 is 1.27 bits per heavy atom. The van der Waals surface area contributed by atoms with E-state index < -0.39 is 0 Å². The molecule has 0 radical (unpaired) electrons. The molecular weight excluding hydrogens is 180 g/mol. The zero-order chi connectivity index (χ0) is 11.1. The van der Waals surface area contributed by atoms with E-state index in [-0.39, 0.29) is 0 Å². The highest BCUT2D eigenvalue weighted by atomic mass is 14.5. The van der Waals surface area contributed by atoms with Crippen molar-refractivity contribution in [2.75, 3.05) is 0 Å². The molecule has 0 saturated heterocycles. The van der Waals surface area contributed by atoms with Gasteiger partial charge in [0.1, 0.15) is 0 Å². The molecule has 1 fully saturated rings. The first-order valence-electron chi connectivity index (χ1n) is 6.75. The standard InChI is InChI=1S/C15H26/c1-11(2)13-8-9-14-7-5-6-12(3)15(14,4)10-13/h10-12,14H,5-9H2,1-4H3/t12-,14-,15+/m0/s1. The third-order valence-corrected chi connectivity index (χ3v) is 5.15. The summed E-state index contributed by atoms with van der Waals surface area (Å²) in [5, 5.41) is 0. The summed E-state index contributed by atoms with van der Waals surface area (Å²) >= 11 is 0. The Labute approximate surface area is 95.1 Å². The molecule has 0 heterocycles. The van der Waals surface area contributed by atoms with Crippen LogP contribution in [0.2, 0.25) is 0 Å². The Kier molecular flexibility index (Phi) is 2.96. The van der Waals surface area contributed by atoms with Crippen molar-refractivity contribution in [2.24, 2.45) is 23.2 Å². The molecule has 1 saturated carbocycles. The molecule has 2 aliphatic rings. The van der Waals surface area contributed by atoms with Crippen molar-refractivity contribution in [1.29, 1.82) is 0 Å². The smallest absolute Gasteiger partial charge is 0.00898 e. The summed E-state index contributed by atoms with van der Waals surface area (Å²) in [5.74, 6) is 2.63. The van der Waals surface area contributed by atoms with Gasteiger partial charge in [-0.05, 0) is 48.9 Å². The normalized spacial score (nSPS) is 41.3. The fourth-order valence-corrected chi connectivity index (χ4v) is 3.68. The highest BCUT2D eigenvalue weighted by Gasteiger charge is 2.42. The van der Waals surface area contributed by atoms with E-state index in [4.69, 9.17) is 0 Å². The summed E-state index contributed by atoms with van der Waals surface area (Å²) in [4.78, 5) is 0. The Morgan fingerprint density at radius 2 is 2.00 bits per heavy atom. The Balaban J connectivity index is 2.28. The van der Waals surface area contributed by atoms with E-state index in [1.807, 2.05) is 0 Å². The van der Waals surface area contributed by atoms with E-state index in [2.05, 4.69) is 33.8 Å². The third-order valence-electron chi connectivity index (χ3n) is 5.15. The summed E-state index contributed by atoms with van der Waals surface area (Å²) in [7, 11) is 0. The summed E-state index contributed by atoms with van der Waals surface area (Å²) in [6.07, 6.45) is 9.86. The average molecular weight is 206 g/mol. The summed E-state index contributed by atoms with van der Waals surface area (Å²) in [6, 6.07) is 0. The van der Waals surface area contributed by atoms with Gasteiger partial charge in [-0.2, -0.15) is 0 Å². The van der Waals surface area contributed by atoms with Crippen molar-refractivity contribution in [3.8, 4) is 0 Å². The molecule has 2 rings (SSSR count). The SMILES string of the molecule is CC(C)C1=C[C@@]2(C)[C@@H](CCC[C@@H]2C)CC1. The highest BCUT2D eigenvalue weighted by molar-refractivity contribution is 5.18. The molecule has 0 spiro atoms. The average Bonchev–Trinajstić information content (AvgIpc) is 2.19. The first kappa shape index (κ1) is 11.2. The van der Waals surface area contributed by atoms with Gasteiger partial charge in [0, 0.05) is 0 Å². The van der Waals surface area contributed by atoms with Crippen molar-refractivity contribution in [3.63, 3.8) is 0 Å². The molecule has 0 nitrogen and oxygen atoms in total. The number of hydrogen-bond donors (Lipinski definition) is 0. The van der Waals surface area contributed by atoms with Gasteiger partial charge in [-0.3, -0.25) is 0 Å². The van der Waals surface area contributed by atoms with Crippen LogP contribution >= 0.6 is 0 Å². The summed E-state index contributed by atoms with van der Waals surface area (Å²) < 4.78 is 0. The Hall–Kier alpha value is -0.260. The number of allylic oxidation sites excluding steroid dienone is 2. The van der Waals surface area contributed by atoms with Gasteiger partial charge in [0.2, 0.25) is 0 Å². The van der Waals surface area contributed by atoms with E-state index in [0.29, 0.717) is 5.41 Å². The lowest BCUT2D eigenvalue weighted by Gasteiger charge is -2.48. The summed E-state index contributed by atoms with van der Waals surface area (Å²) in [5.41, 5.74) is 2.25. The van der Waals surface area contributed by atoms with Gasteiger partial charge < -0.3 is 0 Å². The van der Waals surface area contributed by atoms with Crippen molar-refractivity contribution >= 4 is 0 Å². The third kappa shape index (κ3) is 1.88. The van der Waals surface area contributed by atoms with E-state index >= 15 is 0 Å². The lowest BCUT2D eigenvalue weighted by Crippen LogP contribution is -2.38. The quantitative estimate of drug-likeness (QED) is 0.540. The maximum atomic E-state index is 2.66. The fourth-order valence-electron chi connectivity index (χ4n) is 3.68. The van der Waals surface area contributed by atoms with E-state index in [1.54, 1.807) is 5.57 Å². The molecule has 86 valence electrons. The Morgan fingerprint density at radius 3 is 2.67 bits per heavy atom. The molecule has 0 aliphatic heterocycles. The molecule has 0 aromatic rings. The van der Waals surface area contributed by atoms with Crippen LogP contribution in [-0.2, 0) is 0 Å². The van der Waals surface area contributed by atoms with Crippen LogP contribution < -0.4 is 0 Å². The summed E-state index contributed by atoms with van der Waals surface area (Å²) in [6.45, 7) is 9.68. The number of rotatable bonds is 1. The maximum Gasteiger partial charge on any atom is -0.00898 e.